The molecule has 0 saturated carbocycles. The van der Waals surface area contributed by atoms with Gasteiger partial charge in [-0.2, -0.15) is 4.98 Å². The van der Waals surface area contributed by atoms with Crippen LogP contribution in [0, 0.1) is 0 Å². The topological polar surface area (TPSA) is 109 Å². The molecule has 4 aromatic rings. The van der Waals surface area contributed by atoms with Gasteiger partial charge in [0.25, 0.3) is 5.56 Å². The van der Waals surface area contributed by atoms with Crippen molar-refractivity contribution in [3.63, 3.8) is 0 Å². The van der Waals surface area contributed by atoms with Crippen LogP contribution < -0.4 is 26.8 Å². The summed E-state index contributed by atoms with van der Waals surface area (Å²) in [4.78, 5) is 27.9. The van der Waals surface area contributed by atoms with Gasteiger partial charge in [0.2, 0.25) is 5.95 Å². The Balaban J connectivity index is 1.27. The van der Waals surface area contributed by atoms with Gasteiger partial charge in [0.1, 0.15) is 5.65 Å². The van der Waals surface area contributed by atoms with E-state index in [-0.39, 0.29) is 11.6 Å². The van der Waals surface area contributed by atoms with E-state index in [2.05, 4.69) is 58.3 Å². The minimum atomic E-state index is -0.0809. The lowest BCUT2D eigenvalue weighted by Gasteiger charge is -2.24. The third-order valence-electron chi connectivity index (χ3n) is 8.25. The summed E-state index contributed by atoms with van der Waals surface area (Å²) in [6.45, 7) is 8.26. The minimum absolute atomic E-state index is 0.0260. The maximum Gasteiger partial charge on any atom is 0.261 e. The second-order valence-electron chi connectivity index (χ2n) is 11.0. The van der Waals surface area contributed by atoms with Crippen LogP contribution in [0.15, 0.2) is 59.7 Å². The van der Waals surface area contributed by atoms with E-state index in [0.717, 1.165) is 68.6 Å². The van der Waals surface area contributed by atoms with Crippen molar-refractivity contribution in [2.45, 2.75) is 57.5 Å². The summed E-state index contributed by atoms with van der Waals surface area (Å²) in [5.41, 5.74) is 5.01. The number of piperidine rings is 1. The fourth-order valence-electron chi connectivity index (χ4n) is 5.68. The van der Waals surface area contributed by atoms with Crippen molar-refractivity contribution >= 4 is 28.4 Å². The van der Waals surface area contributed by atoms with E-state index in [1.165, 1.54) is 5.56 Å². The number of hydrogen-bond acceptors (Lipinski definition) is 8. The highest BCUT2D eigenvalue weighted by Gasteiger charge is 2.20. The van der Waals surface area contributed by atoms with Gasteiger partial charge in [-0.1, -0.05) is 13.0 Å². The van der Waals surface area contributed by atoms with Crippen LogP contribution in [0.2, 0.25) is 0 Å². The summed E-state index contributed by atoms with van der Waals surface area (Å²) in [5.74, 6) is 0.944. The number of hydrogen-bond donors (Lipinski definition) is 4. The second kappa shape index (κ2) is 11.7. The number of fused-ring (bicyclic) bond motifs is 1. The number of pyridine rings is 2. The zero-order chi connectivity index (χ0) is 27.5. The number of nitrogens with one attached hydrogen (secondary N) is 4. The fourth-order valence-corrected chi connectivity index (χ4v) is 5.68. The maximum absolute atomic E-state index is 13.8. The quantitative estimate of drug-likeness (QED) is 0.253. The molecule has 2 aliphatic heterocycles. The first kappa shape index (κ1) is 26.4. The largest absolute Gasteiger partial charge is 0.382 e. The molecule has 40 heavy (non-hydrogen) atoms. The summed E-state index contributed by atoms with van der Waals surface area (Å²) in [6.07, 6.45) is 7.88. The normalized spacial score (nSPS) is 18.6. The Labute approximate surface area is 234 Å². The zero-order valence-corrected chi connectivity index (χ0v) is 23.3. The van der Waals surface area contributed by atoms with Gasteiger partial charge in [0, 0.05) is 47.8 Å². The second-order valence-corrected chi connectivity index (χ2v) is 11.0. The Morgan fingerprint density at radius 1 is 0.975 bits per heavy atom. The SMILES string of the molecule is CCC(C)n1c(=O)c(-c2ccc(C3CCNC3)cn2)cc2cnc(Nc3ccc(NC4CCNCC4)cc3)nc21. The Kier molecular flexibility index (Phi) is 7.75. The highest BCUT2D eigenvalue weighted by Crippen LogP contribution is 2.27. The van der Waals surface area contributed by atoms with Crippen LogP contribution in [0.4, 0.5) is 17.3 Å². The number of aromatic nitrogens is 4. The number of anilines is 3. The fraction of sp³-hybridized carbons (Fsp3) is 0.419. The van der Waals surface area contributed by atoms with E-state index >= 15 is 0 Å². The number of benzene rings is 1. The lowest BCUT2D eigenvalue weighted by molar-refractivity contribution is 0.479. The summed E-state index contributed by atoms with van der Waals surface area (Å²) in [6, 6.07) is 14.6. The molecule has 4 N–H and O–H groups in total. The zero-order valence-electron chi connectivity index (χ0n) is 23.3. The molecule has 1 aromatic carbocycles. The lowest BCUT2D eigenvalue weighted by Crippen LogP contribution is -2.35. The molecule has 6 rings (SSSR count). The molecule has 0 aliphatic carbocycles. The molecule has 0 spiro atoms. The molecule has 0 bridgehead atoms. The molecule has 9 heteroatoms. The van der Waals surface area contributed by atoms with Crippen LogP contribution in [-0.2, 0) is 0 Å². The molecule has 2 saturated heterocycles. The maximum atomic E-state index is 13.8. The standard InChI is InChI=1S/C31H38N8O/c1-3-20(2)39-29-23(16-27(30(39)40)28-9-4-21(18-34-28)22-10-13-33-17-22)19-35-31(38-29)37-25-7-5-24(6-8-25)36-26-11-14-32-15-12-26/h4-9,16,18-20,22,26,32-33,36H,3,10-15,17H2,1-2H3,(H,35,37,38). The predicted molar refractivity (Wildman–Crippen MR) is 161 cm³/mol. The van der Waals surface area contributed by atoms with Gasteiger partial charge in [0.05, 0.1) is 11.3 Å². The molecule has 208 valence electrons. The van der Waals surface area contributed by atoms with Crippen LogP contribution in [0.5, 0.6) is 0 Å². The smallest absolute Gasteiger partial charge is 0.261 e. The Bertz CT molecular complexity index is 1500. The molecular formula is C31H38N8O. The monoisotopic (exact) mass is 538 g/mol. The van der Waals surface area contributed by atoms with Crippen molar-refractivity contribution in [3.05, 3.63) is 70.8 Å². The van der Waals surface area contributed by atoms with Gasteiger partial charge in [-0.15, -0.1) is 0 Å². The van der Waals surface area contributed by atoms with E-state index in [4.69, 9.17) is 9.97 Å². The summed E-state index contributed by atoms with van der Waals surface area (Å²) in [7, 11) is 0. The van der Waals surface area contributed by atoms with E-state index in [0.29, 0.717) is 34.8 Å². The van der Waals surface area contributed by atoms with E-state index < -0.39 is 0 Å². The van der Waals surface area contributed by atoms with Crippen LogP contribution in [0.25, 0.3) is 22.3 Å². The molecule has 2 aliphatic rings. The molecule has 0 radical (unpaired) electrons. The highest BCUT2D eigenvalue weighted by molar-refractivity contribution is 5.81. The summed E-state index contributed by atoms with van der Waals surface area (Å²) < 4.78 is 1.79. The average Bonchev–Trinajstić information content (AvgIpc) is 3.54. The molecule has 2 fully saturated rings. The van der Waals surface area contributed by atoms with Crippen LogP contribution >= 0.6 is 0 Å². The molecular weight excluding hydrogens is 500 g/mol. The van der Waals surface area contributed by atoms with E-state index in [1.807, 2.05) is 30.5 Å². The predicted octanol–water partition coefficient (Wildman–Crippen LogP) is 4.81. The first-order chi connectivity index (χ1) is 19.6. The molecule has 3 aromatic heterocycles. The first-order valence-corrected chi connectivity index (χ1v) is 14.5. The summed E-state index contributed by atoms with van der Waals surface area (Å²) >= 11 is 0. The van der Waals surface area contributed by atoms with Gasteiger partial charge >= 0.3 is 0 Å². The molecule has 2 unspecified atom stereocenters. The van der Waals surface area contributed by atoms with Gasteiger partial charge in [0.15, 0.2) is 0 Å². The third-order valence-corrected chi connectivity index (χ3v) is 8.25. The number of nitrogens with zero attached hydrogens (tertiary/aromatic N) is 4. The van der Waals surface area contributed by atoms with Crippen molar-refractivity contribution in [3.8, 4) is 11.3 Å². The minimum Gasteiger partial charge on any atom is -0.382 e. The van der Waals surface area contributed by atoms with Gasteiger partial charge in [-0.05, 0) is 100 Å². The average molecular weight is 539 g/mol. The lowest BCUT2D eigenvalue weighted by atomic mass is 9.99. The first-order valence-electron chi connectivity index (χ1n) is 14.5. The van der Waals surface area contributed by atoms with Gasteiger partial charge in [-0.25, -0.2) is 4.98 Å². The molecule has 0 amide bonds. The van der Waals surface area contributed by atoms with Gasteiger partial charge < -0.3 is 21.3 Å². The van der Waals surface area contributed by atoms with Crippen LogP contribution in [0.3, 0.4) is 0 Å². The van der Waals surface area contributed by atoms with Crippen molar-refractivity contribution in [1.82, 2.24) is 30.2 Å². The Morgan fingerprint density at radius 3 is 2.45 bits per heavy atom. The highest BCUT2D eigenvalue weighted by atomic mass is 16.1. The van der Waals surface area contributed by atoms with Crippen LogP contribution in [0.1, 0.15) is 57.1 Å². The Morgan fingerprint density at radius 2 is 1.75 bits per heavy atom. The molecule has 9 nitrogen and oxygen atoms in total. The Hall–Kier alpha value is -3.82. The van der Waals surface area contributed by atoms with Gasteiger partial charge in [-0.3, -0.25) is 14.3 Å². The van der Waals surface area contributed by atoms with E-state index in [9.17, 15) is 4.79 Å². The summed E-state index contributed by atoms with van der Waals surface area (Å²) in [5, 5.41) is 14.6. The third kappa shape index (κ3) is 5.57. The van der Waals surface area contributed by atoms with Crippen molar-refractivity contribution in [2.24, 2.45) is 0 Å². The number of rotatable bonds is 8. The molecule has 2 atom stereocenters. The van der Waals surface area contributed by atoms with Crippen molar-refractivity contribution in [2.75, 3.05) is 36.8 Å². The van der Waals surface area contributed by atoms with E-state index in [1.54, 1.807) is 10.8 Å². The molecule has 5 heterocycles. The van der Waals surface area contributed by atoms with Crippen molar-refractivity contribution < 1.29 is 0 Å². The van der Waals surface area contributed by atoms with Crippen molar-refractivity contribution in [1.29, 1.82) is 0 Å². The van der Waals surface area contributed by atoms with Crippen LogP contribution in [-0.4, -0.2) is 51.7 Å².